The summed E-state index contributed by atoms with van der Waals surface area (Å²) >= 11 is 0. The molecule has 3 aromatic rings. The first-order chi connectivity index (χ1) is 14.7. The van der Waals surface area contributed by atoms with Gasteiger partial charge in [-0.15, -0.1) is 6.42 Å². The van der Waals surface area contributed by atoms with Crippen molar-refractivity contribution in [1.82, 2.24) is 15.3 Å². The zero-order chi connectivity index (χ0) is 21.2. The molecule has 0 unspecified atom stereocenters. The van der Waals surface area contributed by atoms with E-state index in [0.717, 1.165) is 22.4 Å². The van der Waals surface area contributed by atoms with E-state index >= 15 is 0 Å². The van der Waals surface area contributed by atoms with Gasteiger partial charge in [0.25, 0.3) is 0 Å². The Bertz CT molecular complexity index is 1010. The molecule has 0 radical (unpaired) electrons. The van der Waals surface area contributed by atoms with E-state index < -0.39 is 0 Å². The second kappa shape index (κ2) is 10.6. The molecule has 0 aliphatic heterocycles. The first-order valence-corrected chi connectivity index (χ1v) is 9.55. The summed E-state index contributed by atoms with van der Waals surface area (Å²) in [6.45, 7) is 0.656. The van der Waals surface area contributed by atoms with Crippen molar-refractivity contribution < 1.29 is 14.3 Å². The Morgan fingerprint density at radius 2 is 1.90 bits per heavy atom. The van der Waals surface area contributed by atoms with Crippen LogP contribution in [0.1, 0.15) is 17.5 Å². The van der Waals surface area contributed by atoms with Crippen molar-refractivity contribution in [3.05, 3.63) is 72.2 Å². The second-order valence-electron chi connectivity index (χ2n) is 6.55. The molecule has 0 atom stereocenters. The number of carbonyl (C=O) groups excluding carboxylic acids is 1. The van der Waals surface area contributed by atoms with Crippen LogP contribution >= 0.6 is 0 Å². The third-order valence-corrected chi connectivity index (χ3v) is 4.50. The van der Waals surface area contributed by atoms with Gasteiger partial charge in [0.05, 0.1) is 12.8 Å². The molecule has 0 aliphatic rings. The number of nitrogens with zero attached hydrogens (tertiary/aromatic N) is 2. The molecule has 152 valence electrons. The van der Waals surface area contributed by atoms with Crippen molar-refractivity contribution in [2.75, 3.05) is 13.7 Å². The van der Waals surface area contributed by atoms with Crippen molar-refractivity contribution in [1.29, 1.82) is 0 Å². The lowest BCUT2D eigenvalue weighted by molar-refractivity contribution is -0.121. The van der Waals surface area contributed by atoms with Crippen molar-refractivity contribution in [2.24, 2.45) is 0 Å². The highest BCUT2D eigenvalue weighted by Crippen LogP contribution is 2.28. The molecule has 2 aromatic carbocycles. The highest BCUT2D eigenvalue weighted by atomic mass is 16.5. The number of carbonyl (C=O) groups is 1. The van der Waals surface area contributed by atoms with Crippen LogP contribution in [0.2, 0.25) is 0 Å². The number of ether oxygens (including phenoxy) is 2. The molecule has 3 rings (SSSR count). The van der Waals surface area contributed by atoms with E-state index in [2.05, 4.69) is 21.2 Å². The number of methoxy groups -OCH3 is 1. The van der Waals surface area contributed by atoms with Crippen LogP contribution < -0.4 is 14.8 Å². The number of nitrogens with one attached hydrogen (secondary N) is 1. The Morgan fingerprint density at radius 3 is 2.60 bits per heavy atom. The van der Waals surface area contributed by atoms with E-state index in [-0.39, 0.29) is 12.5 Å². The number of aromatic nitrogens is 2. The van der Waals surface area contributed by atoms with Crippen LogP contribution in [0.15, 0.2) is 61.1 Å². The van der Waals surface area contributed by atoms with Crippen LogP contribution in [-0.2, 0) is 17.8 Å². The second-order valence-corrected chi connectivity index (χ2v) is 6.55. The molecule has 0 bridgehead atoms. The van der Waals surface area contributed by atoms with Gasteiger partial charge in [0.1, 0.15) is 12.9 Å². The molecule has 6 nitrogen and oxygen atoms in total. The van der Waals surface area contributed by atoms with Crippen LogP contribution in [-0.4, -0.2) is 29.6 Å². The maximum absolute atomic E-state index is 12.2. The van der Waals surface area contributed by atoms with E-state index in [4.69, 9.17) is 15.9 Å². The molecule has 1 amide bonds. The maximum atomic E-state index is 12.2. The number of aryl methyl sites for hydroxylation is 1. The predicted molar refractivity (Wildman–Crippen MR) is 115 cm³/mol. The molecule has 6 heteroatoms. The van der Waals surface area contributed by atoms with Gasteiger partial charge in [-0.25, -0.2) is 9.97 Å². The third kappa shape index (κ3) is 5.82. The van der Waals surface area contributed by atoms with Gasteiger partial charge in [0.15, 0.2) is 11.5 Å². The fourth-order valence-corrected chi connectivity index (χ4v) is 2.91. The van der Waals surface area contributed by atoms with E-state index in [1.54, 1.807) is 13.3 Å². The van der Waals surface area contributed by atoms with Crippen molar-refractivity contribution in [3.8, 4) is 35.1 Å². The molecular weight excluding hydrogens is 378 g/mol. The van der Waals surface area contributed by atoms with Crippen LogP contribution in [0.5, 0.6) is 11.5 Å². The molecule has 0 saturated heterocycles. The maximum Gasteiger partial charge on any atom is 0.220 e. The normalized spacial score (nSPS) is 10.1. The highest BCUT2D eigenvalue weighted by molar-refractivity contribution is 5.76. The number of terminal acetylenes is 1. The van der Waals surface area contributed by atoms with E-state index in [0.29, 0.717) is 30.9 Å². The molecule has 30 heavy (non-hydrogen) atoms. The summed E-state index contributed by atoms with van der Waals surface area (Å²) in [7, 11) is 1.57. The van der Waals surface area contributed by atoms with Gasteiger partial charge in [-0.05, 0) is 35.7 Å². The molecular formula is C24H23N3O3. The van der Waals surface area contributed by atoms with Gasteiger partial charge >= 0.3 is 0 Å². The molecule has 0 fully saturated rings. The molecule has 0 spiro atoms. The lowest BCUT2D eigenvalue weighted by Crippen LogP contribution is -2.22. The third-order valence-electron chi connectivity index (χ3n) is 4.50. The quantitative estimate of drug-likeness (QED) is 0.556. The largest absolute Gasteiger partial charge is 0.493 e. The van der Waals surface area contributed by atoms with Crippen molar-refractivity contribution in [2.45, 2.75) is 19.4 Å². The Balaban J connectivity index is 1.48. The summed E-state index contributed by atoms with van der Waals surface area (Å²) in [5.74, 6) is 3.61. The van der Waals surface area contributed by atoms with Crippen molar-refractivity contribution in [3.63, 3.8) is 0 Å². The van der Waals surface area contributed by atoms with E-state index in [1.807, 2.05) is 48.5 Å². The zero-order valence-electron chi connectivity index (χ0n) is 16.8. The molecule has 1 N–H and O–H groups in total. The lowest BCUT2D eigenvalue weighted by Gasteiger charge is -2.11. The fourth-order valence-electron chi connectivity index (χ4n) is 2.91. The number of amides is 1. The van der Waals surface area contributed by atoms with Gasteiger partial charge in [-0.2, -0.15) is 0 Å². The average molecular weight is 401 g/mol. The minimum absolute atomic E-state index is 0.0125. The Labute approximate surface area is 176 Å². The zero-order valence-corrected chi connectivity index (χ0v) is 16.8. The molecule has 0 aliphatic carbocycles. The number of hydrogen-bond acceptors (Lipinski definition) is 5. The predicted octanol–water partition coefficient (Wildman–Crippen LogP) is 3.41. The summed E-state index contributed by atoms with van der Waals surface area (Å²) in [5, 5.41) is 2.95. The summed E-state index contributed by atoms with van der Waals surface area (Å²) in [6.07, 6.45) is 9.44. The van der Waals surface area contributed by atoms with Crippen LogP contribution in [0.3, 0.4) is 0 Å². The monoisotopic (exact) mass is 401 g/mol. The van der Waals surface area contributed by atoms with Gasteiger partial charge < -0.3 is 14.8 Å². The van der Waals surface area contributed by atoms with Gasteiger partial charge in [-0.1, -0.05) is 36.3 Å². The minimum Gasteiger partial charge on any atom is -0.493 e. The number of rotatable bonds is 9. The lowest BCUT2D eigenvalue weighted by atomic mass is 10.1. The SMILES string of the molecule is C#CCOc1ccc(CCC(=O)NCc2ccc(-c3ccncn3)cc2)cc1OC. The number of hydrogen-bond donors (Lipinski definition) is 1. The Kier molecular flexibility index (Phi) is 7.39. The highest BCUT2D eigenvalue weighted by Gasteiger charge is 2.08. The first kappa shape index (κ1) is 20.9. The standard InChI is InChI=1S/C24H23N3O3/c1-3-14-30-22-10-6-18(15-23(22)29-2)7-11-24(28)26-16-19-4-8-20(9-5-19)21-12-13-25-17-27-21/h1,4-6,8-10,12-13,15,17H,7,11,14,16H2,2H3,(H,26,28). The van der Waals surface area contributed by atoms with Crippen LogP contribution in [0.25, 0.3) is 11.3 Å². The smallest absolute Gasteiger partial charge is 0.220 e. The minimum atomic E-state index is -0.0125. The van der Waals surface area contributed by atoms with Crippen molar-refractivity contribution >= 4 is 5.91 Å². The summed E-state index contributed by atoms with van der Waals surface area (Å²) in [4.78, 5) is 20.4. The Morgan fingerprint density at radius 1 is 1.10 bits per heavy atom. The first-order valence-electron chi connectivity index (χ1n) is 9.55. The van der Waals surface area contributed by atoms with E-state index in [1.165, 1.54) is 6.33 Å². The van der Waals surface area contributed by atoms with Crippen LogP contribution in [0, 0.1) is 12.3 Å². The summed E-state index contributed by atoms with van der Waals surface area (Å²) < 4.78 is 10.8. The molecule has 0 saturated carbocycles. The molecule has 1 aromatic heterocycles. The Hall–Kier alpha value is -3.85. The molecule has 1 heterocycles. The van der Waals surface area contributed by atoms with E-state index in [9.17, 15) is 4.79 Å². The summed E-state index contributed by atoms with van der Waals surface area (Å²) in [5.41, 5.74) is 3.89. The van der Waals surface area contributed by atoms with Gasteiger partial charge in [0.2, 0.25) is 5.91 Å². The topological polar surface area (TPSA) is 73.3 Å². The van der Waals surface area contributed by atoms with Gasteiger partial charge in [-0.3, -0.25) is 4.79 Å². The van der Waals surface area contributed by atoms with Gasteiger partial charge in [0, 0.05) is 24.7 Å². The fraction of sp³-hybridized carbons (Fsp3) is 0.208. The number of benzene rings is 2. The summed E-state index contributed by atoms with van der Waals surface area (Å²) in [6, 6.07) is 15.4. The van der Waals surface area contributed by atoms with Crippen LogP contribution in [0.4, 0.5) is 0 Å². The average Bonchev–Trinajstić information content (AvgIpc) is 2.81.